The van der Waals surface area contributed by atoms with E-state index >= 15 is 0 Å². The van der Waals surface area contributed by atoms with Crippen molar-refractivity contribution in [3.05, 3.63) is 41.1 Å². The zero-order chi connectivity index (χ0) is 12.4. The lowest BCUT2D eigenvalue weighted by Gasteiger charge is -2.25. The molecule has 0 spiro atoms. The molecule has 6 heteroatoms. The van der Waals surface area contributed by atoms with Crippen LogP contribution < -0.4 is 5.32 Å². The molecule has 1 radical (unpaired) electrons. The van der Waals surface area contributed by atoms with Crippen molar-refractivity contribution in [3.8, 4) is 0 Å². The molecule has 0 unspecified atom stereocenters. The minimum atomic E-state index is -0.792. The number of fused-ring (bicyclic) bond motifs is 1. The highest BCUT2D eigenvalue weighted by Crippen LogP contribution is 2.27. The summed E-state index contributed by atoms with van der Waals surface area (Å²) in [6.45, 7) is 0.226. The summed E-state index contributed by atoms with van der Waals surface area (Å²) in [6, 6.07) is 1.93. The summed E-state index contributed by atoms with van der Waals surface area (Å²) in [5, 5.41) is 8.97. The Morgan fingerprint density at radius 1 is 1.47 bits per heavy atom. The third-order valence-electron chi connectivity index (χ3n) is 2.35. The van der Waals surface area contributed by atoms with Gasteiger partial charge in [-0.3, -0.25) is 4.79 Å². The number of carbonyl (C=O) groups excluding carboxylic acids is 1. The largest absolute Gasteiger partial charge is 0.346 e. The molecular weight excluding hydrogens is 230 g/mol. The maximum atomic E-state index is 13.6. The average molecular weight is 239 g/mol. The Bertz CT molecular complexity index is 477. The first-order valence-corrected chi connectivity index (χ1v) is 4.91. The molecule has 89 valence electrons. The van der Waals surface area contributed by atoms with Crippen LogP contribution in [0.1, 0.15) is 11.1 Å². The van der Waals surface area contributed by atoms with Gasteiger partial charge in [0.2, 0.25) is 6.23 Å². The second-order valence-corrected chi connectivity index (χ2v) is 3.48. The monoisotopic (exact) mass is 239 g/mol. The fourth-order valence-electron chi connectivity index (χ4n) is 1.66. The molecule has 4 nitrogen and oxygen atoms in total. The van der Waals surface area contributed by atoms with Crippen LogP contribution in [0.5, 0.6) is 0 Å². The topological polar surface area (TPSA) is 62.2 Å². The SMILES string of the molecule is N=CC(=O)N[C]1OCCc2cc(F)cc(F)c21. The Morgan fingerprint density at radius 3 is 2.94 bits per heavy atom. The van der Waals surface area contributed by atoms with Gasteiger partial charge in [-0.25, -0.2) is 8.78 Å². The predicted molar refractivity (Wildman–Crippen MR) is 55.3 cm³/mol. The molecule has 17 heavy (non-hydrogen) atoms. The number of carbonyl (C=O) groups is 1. The quantitative estimate of drug-likeness (QED) is 0.760. The number of benzene rings is 1. The highest BCUT2D eigenvalue weighted by Gasteiger charge is 2.27. The van der Waals surface area contributed by atoms with E-state index in [0.717, 1.165) is 6.07 Å². The first kappa shape index (κ1) is 11.7. The lowest BCUT2D eigenvalue weighted by molar-refractivity contribution is -0.115. The fraction of sp³-hybridized carbons (Fsp3) is 0.182. The van der Waals surface area contributed by atoms with Crippen molar-refractivity contribution in [2.45, 2.75) is 6.42 Å². The van der Waals surface area contributed by atoms with E-state index in [2.05, 4.69) is 5.32 Å². The summed E-state index contributed by atoms with van der Waals surface area (Å²) in [7, 11) is 0. The molecule has 2 N–H and O–H groups in total. The summed E-state index contributed by atoms with van der Waals surface area (Å²) in [6.07, 6.45) is 0.845. The normalized spacial score (nSPS) is 15.2. The van der Waals surface area contributed by atoms with Crippen molar-refractivity contribution >= 4 is 12.1 Å². The van der Waals surface area contributed by atoms with Crippen LogP contribution in [0.15, 0.2) is 12.1 Å². The molecule has 0 saturated heterocycles. The minimum absolute atomic E-state index is 0.0489. The summed E-state index contributed by atoms with van der Waals surface area (Å²) < 4.78 is 31.7. The molecule has 0 aromatic heterocycles. The maximum absolute atomic E-state index is 13.6. The molecule has 1 heterocycles. The van der Waals surface area contributed by atoms with E-state index in [4.69, 9.17) is 10.1 Å². The molecular formula is C11H9F2N2O2. The van der Waals surface area contributed by atoms with Crippen molar-refractivity contribution in [2.24, 2.45) is 0 Å². The maximum Gasteiger partial charge on any atom is 0.264 e. The van der Waals surface area contributed by atoms with Crippen LogP contribution in [0.25, 0.3) is 0 Å². The van der Waals surface area contributed by atoms with Crippen molar-refractivity contribution in [3.63, 3.8) is 0 Å². The van der Waals surface area contributed by atoms with Gasteiger partial charge in [0, 0.05) is 11.6 Å². The lowest BCUT2D eigenvalue weighted by atomic mass is 10.00. The third kappa shape index (κ3) is 2.31. The number of ether oxygens (including phenoxy) is 1. The molecule has 1 amide bonds. The molecule has 1 aromatic rings. The molecule has 0 atom stereocenters. The Morgan fingerprint density at radius 2 is 2.24 bits per heavy atom. The van der Waals surface area contributed by atoms with Gasteiger partial charge in [-0.2, -0.15) is 0 Å². The van der Waals surface area contributed by atoms with E-state index in [-0.39, 0.29) is 18.4 Å². The van der Waals surface area contributed by atoms with Gasteiger partial charge in [0.25, 0.3) is 5.91 Å². The Labute approximate surface area is 96.1 Å². The highest BCUT2D eigenvalue weighted by atomic mass is 19.1. The Hall–Kier alpha value is -1.82. The molecule has 0 bridgehead atoms. The number of halogens is 2. The van der Waals surface area contributed by atoms with E-state index in [1.54, 1.807) is 0 Å². The van der Waals surface area contributed by atoms with Gasteiger partial charge < -0.3 is 15.5 Å². The van der Waals surface area contributed by atoms with Gasteiger partial charge in [0.15, 0.2) is 0 Å². The van der Waals surface area contributed by atoms with E-state index < -0.39 is 17.5 Å². The summed E-state index contributed by atoms with van der Waals surface area (Å²) >= 11 is 0. The van der Waals surface area contributed by atoms with Crippen LogP contribution in [0.3, 0.4) is 0 Å². The van der Waals surface area contributed by atoms with E-state index in [1.165, 1.54) is 6.07 Å². The van der Waals surface area contributed by atoms with Crippen LogP contribution in [0.4, 0.5) is 8.78 Å². The molecule has 1 aromatic carbocycles. The van der Waals surface area contributed by atoms with Crippen LogP contribution in [0, 0.1) is 23.3 Å². The lowest BCUT2D eigenvalue weighted by Crippen LogP contribution is -2.35. The summed E-state index contributed by atoms with van der Waals surface area (Å²) in [5.74, 6) is -2.18. The van der Waals surface area contributed by atoms with Gasteiger partial charge in [-0.15, -0.1) is 0 Å². The fourth-order valence-corrected chi connectivity index (χ4v) is 1.66. The third-order valence-corrected chi connectivity index (χ3v) is 2.35. The van der Waals surface area contributed by atoms with Crippen molar-refractivity contribution in [1.82, 2.24) is 5.32 Å². The number of hydrogen-bond donors (Lipinski definition) is 2. The predicted octanol–water partition coefficient (Wildman–Crippen LogP) is 1.14. The Balaban J connectivity index is 2.36. The van der Waals surface area contributed by atoms with Gasteiger partial charge >= 0.3 is 0 Å². The van der Waals surface area contributed by atoms with Crippen LogP contribution in [0.2, 0.25) is 0 Å². The average Bonchev–Trinajstić information content (AvgIpc) is 2.28. The highest BCUT2D eigenvalue weighted by molar-refractivity contribution is 6.25. The standard InChI is InChI=1S/C11H9F2N2O2/c12-7-3-6-1-2-17-11(15-9(16)5-14)10(6)8(13)4-7/h3-5,14H,1-2H2,(H,15,16). The zero-order valence-corrected chi connectivity index (χ0v) is 8.72. The number of amides is 1. The summed E-state index contributed by atoms with van der Waals surface area (Å²) in [4.78, 5) is 11.0. The minimum Gasteiger partial charge on any atom is -0.346 e. The van der Waals surface area contributed by atoms with Crippen molar-refractivity contribution in [1.29, 1.82) is 5.41 Å². The van der Waals surface area contributed by atoms with Gasteiger partial charge in [0.1, 0.15) is 11.6 Å². The molecule has 0 aliphatic carbocycles. The van der Waals surface area contributed by atoms with E-state index in [1.807, 2.05) is 0 Å². The Kier molecular flexibility index (Phi) is 3.14. The van der Waals surface area contributed by atoms with Crippen LogP contribution >= 0.6 is 0 Å². The zero-order valence-electron chi connectivity index (χ0n) is 8.72. The van der Waals surface area contributed by atoms with Crippen molar-refractivity contribution in [2.75, 3.05) is 6.61 Å². The van der Waals surface area contributed by atoms with Gasteiger partial charge in [-0.1, -0.05) is 0 Å². The van der Waals surface area contributed by atoms with Crippen LogP contribution in [-0.2, 0) is 16.0 Å². The first-order valence-electron chi connectivity index (χ1n) is 4.91. The molecule has 0 fully saturated rings. The first-order chi connectivity index (χ1) is 8.11. The second-order valence-electron chi connectivity index (χ2n) is 3.48. The van der Waals surface area contributed by atoms with Crippen LogP contribution in [-0.4, -0.2) is 18.7 Å². The van der Waals surface area contributed by atoms with Gasteiger partial charge in [0.05, 0.1) is 12.8 Å². The molecule has 2 rings (SSSR count). The number of nitrogens with one attached hydrogen (secondary N) is 2. The van der Waals surface area contributed by atoms with Gasteiger partial charge in [-0.05, 0) is 18.1 Å². The number of rotatable bonds is 2. The second kappa shape index (κ2) is 4.58. The van der Waals surface area contributed by atoms with Crippen molar-refractivity contribution < 1.29 is 18.3 Å². The number of hydrogen-bond acceptors (Lipinski definition) is 3. The van der Waals surface area contributed by atoms with E-state index in [0.29, 0.717) is 18.2 Å². The van der Waals surface area contributed by atoms with E-state index in [9.17, 15) is 13.6 Å². The molecule has 1 aliphatic heterocycles. The molecule has 1 aliphatic rings. The molecule has 0 saturated carbocycles. The summed E-state index contributed by atoms with van der Waals surface area (Å²) in [5.41, 5.74) is 0.488. The smallest absolute Gasteiger partial charge is 0.264 e.